The predicted octanol–water partition coefficient (Wildman–Crippen LogP) is 0.970. The molecule has 1 aliphatic rings. The van der Waals surface area contributed by atoms with Gasteiger partial charge in [-0.05, 0) is 0 Å². The number of hydrogen-bond acceptors (Lipinski definition) is 4. The van der Waals surface area contributed by atoms with E-state index >= 15 is 0 Å². The van der Waals surface area contributed by atoms with Crippen molar-refractivity contribution in [1.82, 2.24) is 4.98 Å². The third-order valence-corrected chi connectivity index (χ3v) is 3.90. The largest absolute Gasteiger partial charge is 0.371 e. The molecule has 94 valence electrons. The van der Waals surface area contributed by atoms with Crippen molar-refractivity contribution in [1.29, 1.82) is 0 Å². The van der Waals surface area contributed by atoms with Gasteiger partial charge in [0, 0.05) is 48.5 Å². The van der Waals surface area contributed by atoms with Gasteiger partial charge in [0.15, 0.2) is 23.3 Å². The van der Waals surface area contributed by atoms with Crippen LogP contribution in [0.15, 0.2) is 6.07 Å². The molecule has 1 fully saturated rings. The van der Waals surface area contributed by atoms with Crippen molar-refractivity contribution in [3.05, 3.63) is 17.7 Å². The van der Waals surface area contributed by atoms with Gasteiger partial charge in [-0.1, -0.05) is 0 Å². The summed E-state index contributed by atoms with van der Waals surface area (Å²) in [5.74, 6) is -0.273. The molecule has 17 heavy (non-hydrogen) atoms. The summed E-state index contributed by atoms with van der Waals surface area (Å²) in [5, 5.41) is 2.57. The van der Waals surface area contributed by atoms with Crippen LogP contribution in [0.25, 0.3) is 0 Å². The maximum Gasteiger partial charge on any atom is 0.168 e. The van der Waals surface area contributed by atoms with Crippen molar-refractivity contribution in [2.75, 3.05) is 41.9 Å². The fraction of sp³-hybridized carbons (Fsp3) is 0.500. The van der Waals surface area contributed by atoms with Gasteiger partial charge < -0.3 is 10.2 Å². The standard InChI is InChI=1S/C10H13F2N3OS/c1-13-9-7(11)6-8(12)10(14-9)15-2-4-17(16)5-3-15/h6H,2-5H2,1H3,(H,13,14). The van der Waals surface area contributed by atoms with E-state index < -0.39 is 22.4 Å². The highest BCUT2D eigenvalue weighted by Gasteiger charge is 2.21. The minimum absolute atomic E-state index is 0.0214. The second kappa shape index (κ2) is 4.95. The van der Waals surface area contributed by atoms with Crippen molar-refractivity contribution in [3.63, 3.8) is 0 Å². The van der Waals surface area contributed by atoms with Crippen molar-refractivity contribution < 1.29 is 13.0 Å². The highest BCUT2D eigenvalue weighted by Crippen LogP contribution is 2.22. The molecule has 0 unspecified atom stereocenters. The van der Waals surface area contributed by atoms with E-state index in [4.69, 9.17) is 0 Å². The molecular weight excluding hydrogens is 248 g/mol. The zero-order valence-corrected chi connectivity index (χ0v) is 10.2. The molecule has 1 aliphatic heterocycles. The SMILES string of the molecule is CNc1nc(N2CCS(=O)CC2)c(F)cc1F. The highest BCUT2D eigenvalue weighted by molar-refractivity contribution is 7.85. The molecule has 0 amide bonds. The van der Waals surface area contributed by atoms with Crippen molar-refractivity contribution in [2.24, 2.45) is 0 Å². The Labute approximate surface area is 100 Å². The first-order chi connectivity index (χ1) is 8.11. The topological polar surface area (TPSA) is 45.2 Å². The van der Waals surface area contributed by atoms with Crippen LogP contribution in [0.5, 0.6) is 0 Å². The maximum atomic E-state index is 13.6. The number of hydrogen-bond donors (Lipinski definition) is 1. The molecule has 7 heteroatoms. The minimum atomic E-state index is -0.834. The molecule has 0 spiro atoms. The Kier molecular flexibility index (Phi) is 3.56. The van der Waals surface area contributed by atoms with Crippen LogP contribution in [0, 0.1) is 11.6 Å². The van der Waals surface area contributed by atoms with Crippen LogP contribution in [0.2, 0.25) is 0 Å². The van der Waals surface area contributed by atoms with E-state index in [9.17, 15) is 13.0 Å². The van der Waals surface area contributed by atoms with Gasteiger partial charge in [-0.3, -0.25) is 4.21 Å². The van der Waals surface area contributed by atoms with Crippen LogP contribution in [-0.2, 0) is 10.8 Å². The zero-order chi connectivity index (χ0) is 12.4. The van der Waals surface area contributed by atoms with Gasteiger partial charge in [0.05, 0.1) is 0 Å². The Morgan fingerprint density at radius 3 is 2.59 bits per heavy atom. The first kappa shape index (κ1) is 12.2. The van der Waals surface area contributed by atoms with Crippen LogP contribution in [-0.4, -0.2) is 40.8 Å². The highest BCUT2D eigenvalue weighted by atomic mass is 32.2. The van der Waals surface area contributed by atoms with E-state index in [0.717, 1.165) is 6.07 Å². The molecule has 1 aromatic rings. The van der Waals surface area contributed by atoms with E-state index in [1.807, 2.05) is 0 Å². The molecule has 1 saturated heterocycles. The summed E-state index contributed by atoms with van der Waals surface area (Å²) in [4.78, 5) is 5.60. The lowest BCUT2D eigenvalue weighted by atomic mass is 10.3. The molecule has 4 nitrogen and oxygen atoms in total. The number of anilines is 2. The van der Waals surface area contributed by atoms with Gasteiger partial charge in [-0.2, -0.15) is 0 Å². The summed E-state index contributed by atoms with van der Waals surface area (Å²) in [7, 11) is 0.692. The molecule has 0 aliphatic carbocycles. The summed E-state index contributed by atoms with van der Waals surface area (Å²) in [6.07, 6.45) is 0. The molecule has 0 atom stereocenters. The summed E-state index contributed by atoms with van der Waals surface area (Å²) in [6.45, 7) is 0.955. The van der Waals surface area contributed by atoms with E-state index in [-0.39, 0.29) is 11.6 Å². The van der Waals surface area contributed by atoms with Gasteiger partial charge in [0.25, 0.3) is 0 Å². The second-order valence-corrected chi connectivity index (χ2v) is 5.41. The van der Waals surface area contributed by atoms with E-state index in [0.29, 0.717) is 24.6 Å². The minimum Gasteiger partial charge on any atom is -0.371 e. The Bertz CT molecular complexity index is 445. The molecule has 1 aromatic heterocycles. The normalized spacial score (nSPS) is 17.2. The Balaban J connectivity index is 2.28. The summed E-state index contributed by atoms with van der Waals surface area (Å²) < 4.78 is 38.0. The lowest BCUT2D eigenvalue weighted by Gasteiger charge is -2.27. The van der Waals surface area contributed by atoms with Crippen LogP contribution in [0.1, 0.15) is 0 Å². The number of pyridine rings is 1. The van der Waals surface area contributed by atoms with Crippen molar-refractivity contribution in [3.8, 4) is 0 Å². The summed E-state index contributed by atoms with van der Waals surface area (Å²) in [5.41, 5.74) is 0. The average Bonchev–Trinajstić information content (AvgIpc) is 2.31. The first-order valence-corrected chi connectivity index (χ1v) is 6.74. The maximum absolute atomic E-state index is 13.6. The van der Waals surface area contributed by atoms with Gasteiger partial charge in [-0.25, -0.2) is 13.8 Å². The molecule has 2 heterocycles. The Hall–Kier alpha value is -1.24. The number of nitrogens with zero attached hydrogens (tertiary/aromatic N) is 2. The number of aromatic nitrogens is 1. The summed E-state index contributed by atoms with van der Waals surface area (Å²) in [6, 6.07) is 0.819. The van der Waals surface area contributed by atoms with Crippen molar-refractivity contribution >= 4 is 22.4 Å². The second-order valence-electron chi connectivity index (χ2n) is 3.71. The number of halogens is 2. The van der Waals surface area contributed by atoms with E-state index in [1.165, 1.54) is 7.05 Å². The van der Waals surface area contributed by atoms with Gasteiger partial charge in [-0.15, -0.1) is 0 Å². The van der Waals surface area contributed by atoms with Crippen molar-refractivity contribution in [2.45, 2.75) is 0 Å². The van der Waals surface area contributed by atoms with E-state index in [2.05, 4.69) is 10.3 Å². The monoisotopic (exact) mass is 261 g/mol. The van der Waals surface area contributed by atoms with Crippen LogP contribution in [0.4, 0.5) is 20.4 Å². The molecule has 0 saturated carbocycles. The van der Waals surface area contributed by atoms with Gasteiger partial charge >= 0.3 is 0 Å². The fourth-order valence-electron chi connectivity index (χ4n) is 1.70. The smallest absolute Gasteiger partial charge is 0.168 e. The predicted molar refractivity (Wildman–Crippen MR) is 63.8 cm³/mol. The molecule has 0 aromatic carbocycles. The molecular formula is C10H13F2N3OS. The van der Waals surface area contributed by atoms with E-state index in [1.54, 1.807) is 4.90 Å². The van der Waals surface area contributed by atoms with Gasteiger partial charge in [0.1, 0.15) is 0 Å². The quantitative estimate of drug-likeness (QED) is 0.861. The molecule has 1 N–H and O–H groups in total. The van der Waals surface area contributed by atoms with Crippen LogP contribution < -0.4 is 10.2 Å². The molecule has 2 rings (SSSR count). The molecule has 0 radical (unpaired) electrons. The summed E-state index contributed by atoms with van der Waals surface area (Å²) >= 11 is 0. The number of nitrogens with one attached hydrogen (secondary N) is 1. The fourth-order valence-corrected chi connectivity index (χ4v) is 2.76. The molecule has 0 bridgehead atoms. The third kappa shape index (κ3) is 2.54. The Morgan fingerprint density at radius 1 is 1.35 bits per heavy atom. The van der Waals surface area contributed by atoms with Crippen LogP contribution in [0.3, 0.4) is 0 Å². The number of rotatable bonds is 2. The lowest BCUT2D eigenvalue weighted by Crippen LogP contribution is -2.38. The zero-order valence-electron chi connectivity index (χ0n) is 9.37. The van der Waals surface area contributed by atoms with Gasteiger partial charge in [0.2, 0.25) is 0 Å². The average molecular weight is 261 g/mol. The third-order valence-electron chi connectivity index (χ3n) is 2.63. The Morgan fingerprint density at radius 2 is 2.00 bits per heavy atom. The first-order valence-electron chi connectivity index (χ1n) is 5.25. The lowest BCUT2D eigenvalue weighted by molar-refractivity contribution is 0.570. The van der Waals surface area contributed by atoms with Crippen LogP contribution >= 0.6 is 0 Å².